The van der Waals surface area contributed by atoms with E-state index in [1.165, 1.54) is 6.26 Å². The maximum Gasteiger partial charge on any atom is 0.175 e. The Morgan fingerprint density at radius 2 is 1.95 bits per heavy atom. The van der Waals surface area contributed by atoms with Crippen LogP contribution in [0.2, 0.25) is 5.02 Å². The molecule has 1 aliphatic rings. The molecule has 1 atom stereocenters. The number of anilines is 1. The number of benzene rings is 1. The molecular formula is C15H23ClN2O2S. The van der Waals surface area contributed by atoms with Crippen molar-refractivity contribution in [3.8, 4) is 0 Å². The molecule has 1 fully saturated rings. The molecule has 0 spiro atoms. The number of sulfone groups is 1. The van der Waals surface area contributed by atoms with E-state index >= 15 is 0 Å². The van der Waals surface area contributed by atoms with Crippen LogP contribution in [0, 0.1) is 5.92 Å². The average Bonchev–Trinajstić information content (AvgIpc) is 2.40. The predicted octanol–water partition coefficient (Wildman–Crippen LogP) is 2.89. The van der Waals surface area contributed by atoms with Crippen LogP contribution in [0.3, 0.4) is 0 Å². The van der Waals surface area contributed by atoms with Gasteiger partial charge in [-0.05, 0) is 64.0 Å². The van der Waals surface area contributed by atoms with Crippen molar-refractivity contribution in [3.63, 3.8) is 0 Å². The van der Waals surface area contributed by atoms with Gasteiger partial charge in [0.2, 0.25) is 0 Å². The second kappa shape index (κ2) is 6.55. The smallest absolute Gasteiger partial charge is 0.175 e. The third-order valence-electron chi connectivity index (χ3n) is 4.22. The number of halogens is 1. The van der Waals surface area contributed by atoms with E-state index in [1.807, 2.05) is 0 Å². The summed E-state index contributed by atoms with van der Waals surface area (Å²) in [5.74, 6) is 0.583. The lowest BCUT2D eigenvalue weighted by molar-refractivity contribution is 0.208. The summed E-state index contributed by atoms with van der Waals surface area (Å²) in [5, 5.41) is 3.95. The van der Waals surface area contributed by atoms with Gasteiger partial charge in [-0.3, -0.25) is 0 Å². The standard InChI is InChI=1S/C15H23ClN2O2S/c1-11(12-6-8-18(2)9-7-12)17-15-10-13(21(3,19)20)4-5-14(15)16/h4-5,10-12,17H,6-9H2,1-3H3. The highest BCUT2D eigenvalue weighted by molar-refractivity contribution is 7.90. The van der Waals surface area contributed by atoms with Crippen LogP contribution in [0.1, 0.15) is 19.8 Å². The molecule has 6 heteroatoms. The Bertz CT molecular complexity index is 596. The van der Waals surface area contributed by atoms with Crippen molar-refractivity contribution in [2.45, 2.75) is 30.7 Å². The van der Waals surface area contributed by atoms with Crippen LogP contribution in [-0.4, -0.2) is 45.8 Å². The molecule has 1 saturated heterocycles. The van der Waals surface area contributed by atoms with E-state index in [2.05, 4.69) is 24.2 Å². The summed E-state index contributed by atoms with van der Waals surface area (Å²) in [6, 6.07) is 5.08. The number of nitrogens with zero attached hydrogens (tertiary/aromatic N) is 1. The van der Waals surface area contributed by atoms with E-state index in [0.717, 1.165) is 25.9 Å². The average molecular weight is 331 g/mol. The molecule has 0 aromatic heterocycles. The Morgan fingerprint density at radius 3 is 2.52 bits per heavy atom. The number of nitrogens with one attached hydrogen (secondary N) is 1. The molecule has 0 bridgehead atoms. The van der Waals surface area contributed by atoms with Gasteiger partial charge in [-0.2, -0.15) is 0 Å². The van der Waals surface area contributed by atoms with Gasteiger partial charge < -0.3 is 10.2 Å². The van der Waals surface area contributed by atoms with Crippen molar-refractivity contribution in [2.24, 2.45) is 5.92 Å². The zero-order chi connectivity index (χ0) is 15.6. The molecule has 1 N–H and O–H groups in total. The van der Waals surface area contributed by atoms with Crippen molar-refractivity contribution in [2.75, 3.05) is 31.7 Å². The molecule has 4 nitrogen and oxygen atoms in total. The number of likely N-dealkylation sites (tertiary alicyclic amines) is 1. The van der Waals surface area contributed by atoms with E-state index in [0.29, 0.717) is 21.5 Å². The van der Waals surface area contributed by atoms with Gasteiger partial charge in [-0.1, -0.05) is 11.6 Å². The lowest BCUT2D eigenvalue weighted by Crippen LogP contribution is -2.37. The highest BCUT2D eigenvalue weighted by atomic mass is 35.5. The highest BCUT2D eigenvalue weighted by Gasteiger charge is 2.23. The lowest BCUT2D eigenvalue weighted by Gasteiger charge is -2.33. The Kier molecular flexibility index (Phi) is 5.17. The SMILES string of the molecule is CC(Nc1cc(S(C)(=O)=O)ccc1Cl)C1CCN(C)CC1. The van der Waals surface area contributed by atoms with Crippen LogP contribution >= 0.6 is 11.6 Å². The minimum absolute atomic E-state index is 0.269. The maximum absolute atomic E-state index is 11.6. The number of piperidine rings is 1. The van der Waals surface area contributed by atoms with E-state index < -0.39 is 9.84 Å². The first-order chi connectivity index (χ1) is 9.77. The second-order valence-corrected chi connectivity index (χ2v) is 8.41. The molecule has 2 rings (SSSR count). The van der Waals surface area contributed by atoms with Gasteiger partial charge in [0.1, 0.15) is 0 Å². The van der Waals surface area contributed by atoms with Crippen LogP contribution in [-0.2, 0) is 9.84 Å². The molecule has 0 radical (unpaired) electrons. The summed E-state index contributed by atoms with van der Waals surface area (Å²) in [4.78, 5) is 2.63. The fraction of sp³-hybridized carbons (Fsp3) is 0.600. The molecule has 1 aromatic carbocycles. The van der Waals surface area contributed by atoms with Crippen LogP contribution in [0.15, 0.2) is 23.1 Å². The second-order valence-electron chi connectivity index (χ2n) is 5.99. The number of rotatable bonds is 4. The van der Waals surface area contributed by atoms with E-state index in [1.54, 1.807) is 18.2 Å². The van der Waals surface area contributed by atoms with Gasteiger partial charge in [0.05, 0.1) is 15.6 Å². The first-order valence-corrected chi connectivity index (χ1v) is 9.49. The number of hydrogen-bond acceptors (Lipinski definition) is 4. The molecular weight excluding hydrogens is 308 g/mol. The summed E-state index contributed by atoms with van der Waals surface area (Å²) < 4.78 is 23.3. The summed E-state index contributed by atoms with van der Waals surface area (Å²) in [6.07, 6.45) is 3.50. The van der Waals surface area contributed by atoms with Crippen molar-refractivity contribution in [3.05, 3.63) is 23.2 Å². The van der Waals surface area contributed by atoms with Crippen LogP contribution in [0.25, 0.3) is 0 Å². The molecule has 1 aliphatic heterocycles. The molecule has 1 aromatic rings. The van der Waals surface area contributed by atoms with E-state index in [4.69, 9.17) is 11.6 Å². The van der Waals surface area contributed by atoms with Gasteiger partial charge in [-0.15, -0.1) is 0 Å². The van der Waals surface area contributed by atoms with E-state index in [9.17, 15) is 8.42 Å². The summed E-state index contributed by atoms with van der Waals surface area (Å²) in [6.45, 7) is 4.35. The summed E-state index contributed by atoms with van der Waals surface area (Å²) in [7, 11) is -1.08. The lowest BCUT2D eigenvalue weighted by atomic mass is 9.90. The predicted molar refractivity (Wildman–Crippen MR) is 87.9 cm³/mol. The van der Waals surface area contributed by atoms with Crippen molar-refractivity contribution < 1.29 is 8.42 Å². The third kappa shape index (κ3) is 4.34. The van der Waals surface area contributed by atoms with Crippen molar-refractivity contribution >= 4 is 27.1 Å². The molecule has 1 unspecified atom stereocenters. The molecule has 21 heavy (non-hydrogen) atoms. The Hall–Kier alpha value is -0.780. The maximum atomic E-state index is 11.6. The monoisotopic (exact) mass is 330 g/mol. The summed E-state index contributed by atoms with van der Waals surface area (Å²) in [5.41, 5.74) is 0.700. The molecule has 0 aliphatic carbocycles. The zero-order valence-corrected chi connectivity index (χ0v) is 14.3. The minimum atomic E-state index is -3.22. The topological polar surface area (TPSA) is 49.4 Å². The Balaban J connectivity index is 2.11. The summed E-state index contributed by atoms with van der Waals surface area (Å²) >= 11 is 6.19. The van der Waals surface area contributed by atoms with Crippen LogP contribution in [0.5, 0.6) is 0 Å². The fourth-order valence-corrected chi connectivity index (χ4v) is 3.56. The molecule has 0 saturated carbocycles. The fourth-order valence-electron chi connectivity index (χ4n) is 2.74. The Morgan fingerprint density at radius 1 is 1.33 bits per heavy atom. The quantitative estimate of drug-likeness (QED) is 0.922. The van der Waals surface area contributed by atoms with Crippen molar-refractivity contribution in [1.82, 2.24) is 4.90 Å². The normalized spacial score (nSPS) is 19.4. The molecule has 0 amide bonds. The number of hydrogen-bond donors (Lipinski definition) is 1. The third-order valence-corrected chi connectivity index (χ3v) is 5.66. The van der Waals surface area contributed by atoms with Crippen LogP contribution in [0.4, 0.5) is 5.69 Å². The highest BCUT2D eigenvalue weighted by Crippen LogP contribution is 2.29. The first kappa shape index (κ1) is 16.6. The molecule has 118 valence electrons. The Labute approximate surface area is 132 Å². The van der Waals surface area contributed by atoms with Gasteiger partial charge in [-0.25, -0.2) is 8.42 Å². The van der Waals surface area contributed by atoms with Gasteiger partial charge in [0.25, 0.3) is 0 Å². The zero-order valence-electron chi connectivity index (χ0n) is 12.8. The van der Waals surface area contributed by atoms with Gasteiger partial charge in [0.15, 0.2) is 9.84 Å². The first-order valence-electron chi connectivity index (χ1n) is 7.22. The van der Waals surface area contributed by atoms with Gasteiger partial charge in [0, 0.05) is 12.3 Å². The van der Waals surface area contributed by atoms with E-state index in [-0.39, 0.29) is 6.04 Å². The largest absolute Gasteiger partial charge is 0.381 e. The van der Waals surface area contributed by atoms with Crippen molar-refractivity contribution in [1.29, 1.82) is 0 Å². The minimum Gasteiger partial charge on any atom is -0.381 e. The van der Waals surface area contributed by atoms with Gasteiger partial charge >= 0.3 is 0 Å². The molecule has 1 heterocycles. The van der Waals surface area contributed by atoms with Crippen LogP contribution < -0.4 is 5.32 Å².